The second kappa shape index (κ2) is 14.5. The molecule has 0 fully saturated rings. The van der Waals surface area contributed by atoms with Crippen LogP contribution in [0.3, 0.4) is 0 Å². The number of H-pyrrole nitrogens is 2. The summed E-state index contributed by atoms with van der Waals surface area (Å²) in [4.78, 5) is 70.1. The van der Waals surface area contributed by atoms with Gasteiger partial charge in [0.2, 0.25) is 23.6 Å². The van der Waals surface area contributed by atoms with E-state index >= 15 is 0 Å². The van der Waals surface area contributed by atoms with Crippen molar-refractivity contribution in [3.8, 4) is 0 Å². The van der Waals surface area contributed by atoms with Gasteiger partial charge in [0, 0.05) is 53.5 Å². The maximum atomic E-state index is 13.9. The van der Waals surface area contributed by atoms with Gasteiger partial charge in [-0.25, -0.2) is 4.79 Å². The molecule has 0 saturated carbocycles. The molecule has 0 spiro atoms. The minimum atomic E-state index is -1.42. The predicted octanol–water partition coefficient (Wildman–Crippen LogP) is 1.22. The van der Waals surface area contributed by atoms with Crippen molar-refractivity contribution in [3.05, 3.63) is 72.1 Å². The van der Waals surface area contributed by atoms with Crippen molar-refractivity contribution < 1.29 is 29.1 Å². The number of amides is 4. The third-order valence-corrected chi connectivity index (χ3v) is 7.78. The summed E-state index contributed by atoms with van der Waals surface area (Å²) in [5, 5.41) is 19.3. The fourth-order valence-electron chi connectivity index (χ4n) is 5.12. The van der Waals surface area contributed by atoms with Crippen LogP contribution in [0.15, 0.2) is 60.9 Å². The van der Waals surface area contributed by atoms with Crippen LogP contribution < -0.4 is 27.4 Å². The third kappa shape index (κ3) is 8.26. The molecule has 4 unspecified atom stereocenters. The van der Waals surface area contributed by atoms with E-state index in [9.17, 15) is 29.1 Å². The molecule has 238 valence electrons. The van der Waals surface area contributed by atoms with Crippen LogP contribution in [0.4, 0.5) is 0 Å². The lowest BCUT2D eigenvalue weighted by atomic mass is 10.00. The summed E-state index contributed by atoms with van der Waals surface area (Å²) in [5.41, 5.74) is 14.4. The lowest BCUT2D eigenvalue weighted by molar-refractivity contribution is -0.142. The first-order valence-corrected chi connectivity index (χ1v) is 14.7. The van der Waals surface area contributed by atoms with E-state index in [2.05, 4.69) is 25.9 Å². The average molecular weight is 618 g/mol. The highest BCUT2D eigenvalue weighted by molar-refractivity contribution is 5.95. The zero-order chi connectivity index (χ0) is 32.7. The summed E-state index contributed by atoms with van der Waals surface area (Å²) in [6.07, 6.45) is 3.08. The topological polar surface area (TPSA) is 225 Å². The molecule has 4 atom stereocenters. The molecule has 13 heteroatoms. The van der Waals surface area contributed by atoms with Gasteiger partial charge in [-0.05, 0) is 35.6 Å². The predicted molar refractivity (Wildman–Crippen MR) is 169 cm³/mol. The number of carbonyl (C=O) groups excluding carboxylic acids is 4. The Bertz CT molecular complexity index is 1690. The number of primary amides is 1. The number of para-hydroxylation sites is 2. The standard InChI is InChI=1S/C32H39N7O6/c1-17(2)28(34)31(43)39-26(14-19-16-36-23-10-6-4-8-21(19)23)30(42)38-25(13-18-15-35-22-9-5-3-7-20(18)22)29(41)37-24(32(44)45)11-12-27(33)40/h3-10,15-17,24-26,28,35-36H,11-14,34H2,1-2H3,(H2,33,40)(H,37,41)(H,38,42)(H,39,43)(H,44,45). The van der Waals surface area contributed by atoms with Crippen molar-refractivity contribution in [3.63, 3.8) is 0 Å². The van der Waals surface area contributed by atoms with E-state index in [1.165, 1.54) is 0 Å². The van der Waals surface area contributed by atoms with Crippen molar-refractivity contribution in [2.24, 2.45) is 17.4 Å². The van der Waals surface area contributed by atoms with E-state index in [-0.39, 0.29) is 31.6 Å². The number of carboxylic acid groups (broad SMARTS) is 1. The maximum Gasteiger partial charge on any atom is 0.326 e. The van der Waals surface area contributed by atoms with Gasteiger partial charge in [0.25, 0.3) is 0 Å². The molecule has 45 heavy (non-hydrogen) atoms. The van der Waals surface area contributed by atoms with Crippen LogP contribution in [0.5, 0.6) is 0 Å². The number of benzene rings is 2. The second-order valence-corrected chi connectivity index (χ2v) is 11.4. The minimum absolute atomic E-state index is 0.00298. The molecule has 0 aliphatic rings. The Labute approximate surface area is 259 Å². The van der Waals surface area contributed by atoms with E-state index in [1.807, 2.05) is 48.5 Å². The molecule has 4 amide bonds. The van der Waals surface area contributed by atoms with Crippen LogP contribution in [0.25, 0.3) is 21.8 Å². The van der Waals surface area contributed by atoms with Crippen LogP contribution in [0.1, 0.15) is 37.8 Å². The van der Waals surface area contributed by atoms with Crippen molar-refractivity contribution in [2.75, 3.05) is 0 Å². The van der Waals surface area contributed by atoms with E-state index in [1.54, 1.807) is 26.2 Å². The van der Waals surface area contributed by atoms with Crippen molar-refractivity contribution >= 4 is 51.4 Å². The fraction of sp³-hybridized carbons (Fsp3) is 0.344. The molecule has 0 aliphatic carbocycles. The summed E-state index contributed by atoms with van der Waals surface area (Å²) in [6.45, 7) is 3.58. The van der Waals surface area contributed by atoms with E-state index in [0.29, 0.717) is 5.56 Å². The number of carboxylic acids is 1. The smallest absolute Gasteiger partial charge is 0.326 e. The van der Waals surface area contributed by atoms with Crippen LogP contribution in [0.2, 0.25) is 0 Å². The van der Waals surface area contributed by atoms with Crippen LogP contribution >= 0.6 is 0 Å². The maximum absolute atomic E-state index is 13.9. The van der Waals surface area contributed by atoms with Gasteiger partial charge >= 0.3 is 5.97 Å². The third-order valence-electron chi connectivity index (χ3n) is 7.78. The summed E-state index contributed by atoms with van der Waals surface area (Å²) in [5.74, 6) is -4.23. The number of hydrogen-bond donors (Lipinski definition) is 8. The molecule has 0 radical (unpaired) electrons. The lowest BCUT2D eigenvalue weighted by Gasteiger charge is -2.26. The average Bonchev–Trinajstić information content (AvgIpc) is 3.61. The highest BCUT2D eigenvalue weighted by atomic mass is 16.4. The Morgan fingerprint density at radius 2 is 1.18 bits per heavy atom. The molecular weight excluding hydrogens is 578 g/mol. The highest BCUT2D eigenvalue weighted by Gasteiger charge is 2.32. The number of fused-ring (bicyclic) bond motifs is 2. The molecule has 4 aromatic rings. The summed E-state index contributed by atoms with van der Waals surface area (Å²) in [7, 11) is 0. The Hall–Kier alpha value is -5.17. The number of nitrogens with one attached hydrogen (secondary N) is 5. The number of hydrogen-bond acceptors (Lipinski definition) is 6. The Morgan fingerprint density at radius 3 is 1.62 bits per heavy atom. The molecule has 0 saturated heterocycles. The zero-order valence-electron chi connectivity index (χ0n) is 25.1. The number of aliphatic carboxylic acids is 1. The molecule has 2 aromatic heterocycles. The first-order chi connectivity index (χ1) is 21.4. The normalized spacial score (nSPS) is 14.0. The molecule has 2 heterocycles. The number of aromatic nitrogens is 2. The first kappa shape index (κ1) is 32.7. The zero-order valence-corrected chi connectivity index (χ0v) is 25.1. The van der Waals surface area contributed by atoms with Gasteiger partial charge < -0.3 is 42.5 Å². The second-order valence-electron chi connectivity index (χ2n) is 11.4. The van der Waals surface area contributed by atoms with Gasteiger partial charge in [-0.3, -0.25) is 19.2 Å². The summed E-state index contributed by atoms with van der Waals surface area (Å²) in [6, 6.07) is 10.3. The van der Waals surface area contributed by atoms with Gasteiger partial charge in [-0.1, -0.05) is 50.2 Å². The first-order valence-electron chi connectivity index (χ1n) is 14.7. The van der Waals surface area contributed by atoms with E-state index < -0.39 is 53.8 Å². The summed E-state index contributed by atoms with van der Waals surface area (Å²) < 4.78 is 0. The van der Waals surface area contributed by atoms with Gasteiger partial charge in [0.15, 0.2) is 0 Å². The molecule has 13 nitrogen and oxygen atoms in total. The Balaban J connectivity index is 1.64. The van der Waals surface area contributed by atoms with Crippen molar-refractivity contribution in [2.45, 2.75) is 63.7 Å². The van der Waals surface area contributed by atoms with Gasteiger partial charge in [0.1, 0.15) is 18.1 Å². The number of rotatable bonds is 15. The Morgan fingerprint density at radius 1 is 0.733 bits per heavy atom. The monoisotopic (exact) mass is 617 g/mol. The molecule has 0 bridgehead atoms. The van der Waals surface area contributed by atoms with Crippen LogP contribution in [0, 0.1) is 5.92 Å². The summed E-state index contributed by atoms with van der Waals surface area (Å²) >= 11 is 0. The quantitative estimate of drug-likeness (QED) is 0.0972. The van der Waals surface area contributed by atoms with Crippen molar-refractivity contribution in [1.29, 1.82) is 0 Å². The van der Waals surface area contributed by atoms with Gasteiger partial charge in [0.05, 0.1) is 6.04 Å². The SMILES string of the molecule is CC(C)C(N)C(=O)NC(Cc1c[nH]c2ccccc12)C(=O)NC(Cc1c[nH]c2ccccc12)C(=O)NC(CCC(N)=O)C(=O)O. The van der Waals surface area contributed by atoms with Gasteiger partial charge in [-0.2, -0.15) is 0 Å². The van der Waals surface area contributed by atoms with Crippen LogP contribution in [-0.2, 0) is 36.8 Å². The molecule has 10 N–H and O–H groups in total. The number of nitrogens with two attached hydrogens (primary N) is 2. The lowest BCUT2D eigenvalue weighted by Crippen LogP contribution is -2.58. The minimum Gasteiger partial charge on any atom is -0.480 e. The van der Waals surface area contributed by atoms with E-state index in [0.717, 1.165) is 27.4 Å². The highest BCUT2D eigenvalue weighted by Crippen LogP contribution is 2.21. The molecule has 2 aromatic carbocycles. The molecular formula is C32H39N7O6. The Kier molecular flexibility index (Phi) is 10.6. The number of carbonyl (C=O) groups is 5. The molecule has 0 aliphatic heterocycles. The van der Waals surface area contributed by atoms with Crippen LogP contribution in [-0.4, -0.2) is 68.8 Å². The van der Waals surface area contributed by atoms with Crippen molar-refractivity contribution in [1.82, 2.24) is 25.9 Å². The van der Waals surface area contributed by atoms with E-state index in [4.69, 9.17) is 11.5 Å². The number of aromatic amines is 2. The van der Waals surface area contributed by atoms with Gasteiger partial charge in [-0.15, -0.1) is 0 Å². The fourth-order valence-corrected chi connectivity index (χ4v) is 5.12. The largest absolute Gasteiger partial charge is 0.480 e. The molecule has 4 rings (SSSR count).